The number of nitrogens with one attached hydrogen (secondary N) is 1. The topological polar surface area (TPSA) is 30.5 Å². The molecule has 3 heteroatoms. The van der Waals surface area contributed by atoms with Crippen molar-refractivity contribution in [2.75, 3.05) is 6.79 Å². The Morgan fingerprint density at radius 3 is 2.72 bits per heavy atom. The van der Waals surface area contributed by atoms with Gasteiger partial charge in [-0.3, -0.25) is 0 Å². The zero-order valence-corrected chi connectivity index (χ0v) is 10.9. The van der Waals surface area contributed by atoms with Crippen molar-refractivity contribution in [1.82, 2.24) is 5.32 Å². The molecule has 0 amide bonds. The summed E-state index contributed by atoms with van der Waals surface area (Å²) in [5.41, 5.74) is 1.28. The molecule has 0 aromatic heterocycles. The Kier molecular flexibility index (Phi) is 3.41. The lowest BCUT2D eigenvalue weighted by Crippen LogP contribution is -2.32. The van der Waals surface area contributed by atoms with Crippen molar-refractivity contribution in [3.63, 3.8) is 0 Å². The highest BCUT2D eigenvalue weighted by atomic mass is 16.7. The lowest BCUT2D eigenvalue weighted by molar-refractivity contribution is 0.174. The predicted octanol–water partition coefficient (Wildman–Crippen LogP) is 3.08. The van der Waals surface area contributed by atoms with Crippen LogP contribution < -0.4 is 14.8 Å². The summed E-state index contributed by atoms with van der Waals surface area (Å²) in [6, 6.07) is 6.89. The minimum Gasteiger partial charge on any atom is -0.454 e. The second kappa shape index (κ2) is 5.19. The van der Waals surface area contributed by atoms with Gasteiger partial charge in [-0.25, -0.2) is 0 Å². The smallest absolute Gasteiger partial charge is 0.231 e. The molecule has 0 bridgehead atoms. The van der Waals surface area contributed by atoms with Crippen LogP contribution in [0, 0.1) is 5.92 Å². The van der Waals surface area contributed by atoms with E-state index in [1.807, 2.05) is 6.07 Å². The van der Waals surface area contributed by atoms with E-state index in [4.69, 9.17) is 9.47 Å². The fourth-order valence-electron chi connectivity index (χ4n) is 2.78. The molecule has 1 fully saturated rings. The van der Waals surface area contributed by atoms with E-state index >= 15 is 0 Å². The molecular formula is C15H21NO2. The van der Waals surface area contributed by atoms with Crippen LogP contribution >= 0.6 is 0 Å². The highest BCUT2D eigenvalue weighted by Gasteiger charge is 2.18. The molecule has 3 nitrogen and oxygen atoms in total. The summed E-state index contributed by atoms with van der Waals surface area (Å²) in [6.07, 6.45) is 5.34. The Morgan fingerprint density at radius 1 is 1.11 bits per heavy atom. The van der Waals surface area contributed by atoms with Crippen LogP contribution in [0.1, 0.15) is 38.2 Å². The van der Waals surface area contributed by atoms with Crippen molar-refractivity contribution in [2.24, 2.45) is 5.92 Å². The molecular weight excluding hydrogens is 226 g/mol. The Balaban J connectivity index is 1.54. The first-order valence-electron chi connectivity index (χ1n) is 6.93. The zero-order valence-electron chi connectivity index (χ0n) is 10.9. The maximum Gasteiger partial charge on any atom is 0.231 e. The number of ether oxygens (including phenoxy) is 2. The molecule has 3 rings (SSSR count). The highest BCUT2D eigenvalue weighted by molar-refractivity contribution is 5.44. The second-order valence-corrected chi connectivity index (χ2v) is 5.53. The van der Waals surface area contributed by atoms with Crippen LogP contribution in [0.4, 0.5) is 0 Å². The van der Waals surface area contributed by atoms with Gasteiger partial charge in [0.1, 0.15) is 0 Å². The lowest BCUT2D eigenvalue weighted by Gasteiger charge is -2.27. The van der Waals surface area contributed by atoms with Gasteiger partial charge in [0.05, 0.1) is 0 Å². The first-order chi connectivity index (χ1) is 8.81. The van der Waals surface area contributed by atoms with Gasteiger partial charge in [-0.05, 0) is 49.3 Å². The summed E-state index contributed by atoms with van der Waals surface area (Å²) >= 11 is 0. The second-order valence-electron chi connectivity index (χ2n) is 5.53. The molecule has 1 heterocycles. The van der Waals surface area contributed by atoms with Gasteiger partial charge in [-0.2, -0.15) is 0 Å². The van der Waals surface area contributed by atoms with Crippen molar-refractivity contribution < 1.29 is 9.47 Å². The van der Waals surface area contributed by atoms with Crippen molar-refractivity contribution >= 4 is 0 Å². The molecule has 0 unspecified atom stereocenters. The van der Waals surface area contributed by atoms with E-state index in [1.165, 1.54) is 31.2 Å². The normalized spacial score (nSPS) is 26.3. The molecule has 1 saturated carbocycles. The summed E-state index contributed by atoms with van der Waals surface area (Å²) in [6.45, 7) is 3.64. The van der Waals surface area contributed by atoms with Crippen LogP contribution in [0.15, 0.2) is 18.2 Å². The van der Waals surface area contributed by atoms with Crippen molar-refractivity contribution in [2.45, 2.75) is 45.2 Å². The number of hydrogen-bond acceptors (Lipinski definition) is 3. The molecule has 1 aliphatic heterocycles. The average Bonchev–Trinajstić information content (AvgIpc) is 2.85. The molecule has 1 N–H and O–H groups in total. The molecule has 0 spiro atoms. The Bertz CT molecular complexity index is 411. The van der Waals surface area contributed by atoms with Crippen LogP contribution in [-0.4, -0.2) is 12.8 Å². The zero-order chi connectivity index (χ0) is 12.4. The van der Waals surface area contributed by atoms with E-state index < -0.39 is 0 Å². The molecule has 2 aliphatic rings. The van der Waals surface area contributed by atoms with Crippen LogP contribution in [0.5, 0.6) is 11.5 Å². The SMILES string of the molecule is CC1CCC(NCc2ccc3c(c2)OCO3)CC1. The van der Waals surface area contributed by atoms with E-state index in [0.717, 1.165) is 24.0 Å². The average molecular weight is 247 g/mol. The monoisotopic (exact) mass is 247 g/mol. The largest absolute Gasteiger partial charge is 0.454 e. The third-order valence-electron chi connectivity index (χ3n) is 4.05. The first kappa shape index (κ1) is 11.8. The minimum absolute atomic E-state index is 0.354. The molecule has 1 aromatic carbocycles. The summed E-state index contributed by atoms with van der Waals surface area (Å²) < 4.78 is 10.7. The van der Waals surface area contributed by atoms with Gasteiger partial charge in [0, 0.05) is 12.6 Å². The predicted molar refractivity (Wildman–Crippen MR) is 70.8 cm³/mol. The molecule has 18 heavy (non-hydrogen) atoms. The number of benzene rings is 1. The maximum absolute atomic E-state index is 5.39. The molecule has 1 aromatic rings. The van der Waals surface area contributed by atoms with Gasteiger partial charge >= 0.3 is 0 Å². The third kappa shape index (κ3) is 2.61. The third-order valence-corrected chi connectivity index (χ3v) is 4.05. The van der Waals surface area contributed by atoms with Crippen LogP contribution in [0.3, 0.4) is 0 Å². The van der Waals surface area contributed by atoms with Crippen LogP contribution in [-0.2, 0) is 6.54 Å². The highest BCUT2D eigenvalue weighted by Crippen LogP contribution is 2.32. The summed E-state index contributed by atoms with van der Waals surface area (Å²) in [5, 5.41) is 3.65. The number of rotatable bonds is 3. The van der Waals surface area contributed by atoms with Gasteiger partial charge in [0.2, 0.25) is 6.79 Å². The molecule has 0 atom stereocenters. The minimum atomic E-state index is 0.354. The molecule has 1 aliphatic carbocycles. The quantitative estimate of drug-likeness (QED) is 0.890. The summed E-state index contributed by atoms with van der Waals surface area (Å²) in [7, 11) is 0. The maximum atomic E-state index is 5.39. The van der Waals surface area contributed by atoms with Crippen molar-refractivity contribution in [3.8, 4) is 11.5 Å². The lowest BCUT2D eigenvalue weighted by atomic mass is 9.87. The Hall–Kier alpha value is -1.22. The first-order valence-corrected chi connectivity index (χ1v) is 6.93. The fraction of sp³-hybridized carbons (Fsp3) is 0.600. The van der Waals surface area contributed by atoms with Gasteiger partial charge in [0.25, 0.3) is 0 Å². The van der Waals surface area contributed by atoms with Crippen LogP contribution in [0.2, 0.25) is 0 Å². The molecule has 0 radical (unpaired) electrons. The van der Waals surface area contributed by atoms with Crippen molar-refractivity contribution in [1.29, 1.82) is 0 Å². The van der Waals surface area contributed by atoms with Gasteiger partial charge in [-0.15, -0.1) is 0 Å². The van der Waals surface area contributed by atoms with E-state index in [2.05, 4.69) is 24.4 Å². The standard InChI is InChI=1S/C15H21NO2/c1-11-2-5-13(6-3-11)16-9-12-4-7-14-15(8-12)18-10-17-14/h4,7-8,11,13,16H,2-3,5-6,9-10H2,1H3. The molecule has 0 saturated heterocycles. The van der Waals surface area contributed by atoms with E-state index in [-0.39, 0.29) is 0 Å². The van der Waals surface area contributed by atoms with Gasteiger partial charge < -0.3 is 14.8 Å². The Labute approximate surface area is 108 Å². The summed E-state index contributed by atoms with van der Waals surface area (Å²) in [4.78, 5) is 0. The fourth-order valence-corrected chi connectivity index (χ4v) is 2.78. The summed E-state index contributed by atoms with van der Waals surface area (Å²) in [5.74, 6) is 2.66. The van der Waals surface area contributed by atoms with E-state index in [0.29, 0.717) is 12.8 Å². The number of fused-ring (bicyclic) bond motifs is 1. The molecule has 98 valence electrons. The van der Waals surface area contributed by atoms with E-state index in [9.17, 15) is 0 Å². The Morgan fingerprint density at radius 2 is 1.89 bits per heavy atom. The van der Waals surface area contributed by atoms with Crippen molar-refractivity contribution in [3.05, 3.63) is 23.8 Å². The van der Waals surface area contributed by atoms with E-state index in [1.54, 1.807) is 0 Å². The van der Waals surface area contributed by atoms with Gasteiger partial charge in [0.15, 0.2) is 11.5 Å². The van der Waals surface area contributed by atoms with Gasteiger partial charge in [-0.1, -0.05) is 13.0 Å². The number of hydrogen-bond donors (Lipinski definition) is 1. The van der Waals surface area contributed by atoms with Crippen LogP contribution in [0.25, 0.3) is 0 Å².